The lowest BCUT2D eigenvalue weighted by Crippen LogP contribution is -2.77. The van der Waals surface area contributed by atoms with Gasteiger partial charge in [0.25, 0.3) is 11.8 Å². The van der Waals surface area contributed by atoms with Crippen molar-refractivity contribution in [1.82, 2.24) is 16.1 Å². The number of hydrogen-bond acceptors (Lipinski definition) is 5. The Hall–Kier alpha value is -1.96. The van der Waals surface area contributed by atoms with Gasteiger partial charge in [-0.05, 0) is 31.2 Å². The maximum absolute atomic E-state index is 12.7. The minimum atomic E-state index is -9.87. The zero-order valence-electron chi connectivity index (χ0n) is 13.2. The zero-order valence-corrected chi connectivity index (χ0v) is 14.0. The van der Waals surface area contributed by atoms with E-state index in [1.54, 1.807) is 0 Å². The average molecular weight is 405 g/mol. The number of amides is 2. The highest BCUT2D eigenvalue weighted by Crippen LogP contribution is 3.02. The minimum absolute atomic E-state index is 0.0554. The first kappa shape index (κ1) is 20.4. The smallest absolute Gasteiger partial charge is 0.310 e. The number of carbonyl (C=O) groups is 2. The number of hydrogen-bond donors (Lipinski definition) is 5. The van der Waals surface area contributed by atoms with Crippen LogP contribution in [0.15, 0.2) is 29.2 Å². The molecule has 1 aromatic rings. The SMILES string of the molecule is C[C@@H]1NC[C@@]1(O)[C@@H](NC(=O)c1ccc(S(F)(F)(F)(F)F)cc1)C(=O)NO. The van der Waals surface area contributed by atoms with E-state index in [4.69, 9.17) is 5.21 Å². The molecule has 7 nitrogen and oxygen atoms in total. The second-order valence-electron chi connectivity index (χ2n) is 5.97. The topological polar surface area (TPSA) is 111 Å². The molecule has 13 heteroatoms. The fraction of sp³-hybridized carbons (Fsp3) is 0.385. The van der Waals surface area contributed by atoms with Gasteiger partial charge in [-0.2, -0.15) is 0 Å². The van der Waals surface area contributed by atoms with Crippen LogP contribution in [0.3, 0.4) is 0 Å². The summed E-state index contributed by atoms with van der Waals surface area (Å²) in [5.74, 6) is -2.25. The Morgan fingerprint density at radius 1 is 1.23 bits per heavy atom. The van der Waals surface area contributed by atoms with Crippen LogP contribution in [0, 0.1) is 0 Å². The highest BCUT2D eigenvalue weighted by Gasteiger charge is 2.65. The van der Waals surface area contributed by atoms with Gasteiger partial charge in [-0.3, -0.25) is 14.8 Å². The van der Waals surface area contributed by atoms with Crippen LogP contribution in [0.2, 0.25) is 0 Å². The summed E-state index contributed by atoms with van der Waals surface area (Å²) in [6.07, 6.45) is 0. The zero-order chi connectivity index (χ0) is 20.0. The van der Waals surface area contributed by atoms with Crippen LogP contribution in [-0.4, -0.2) is 46.4 Å². The molecule has 1 aromatic carbocycles. The molecule has 0 unspecified atom stereocenters. The number of β-amino-alcohol motifs (C(OH)–C–C–N with tert-alkyl or cyclic N) is 1. The molecule has 0 spiro atoms. The first-order valence-corrected chi connectivity index (χ1v) is 9.08. The number of halogens is 5. The predicted molar refractivity (Wildman–Crippen MR) is 81.4 cm³/mol. The van der Waals surface area contributed by atoms with Crippen LogP contribution in [0.5, 0.6) is 0 Å². The highest BCUT2D eigenvalue weighted by atomic mass is 32.5. The van der Waals surface area contributed by atoms with Crippen molar-refractivity contribution in [2.24, 2.45) is 0 Å². The summed E-state index contributed by atoms with van der Waals surface area (Å²) in [6, 6.07) is -1.13. The van der Waals surface area contributed by atoms with Gasteiger partial charge < -0.3 is 15.7 Å². The number of rotatable bonds is 5. The van der Waals surface area contributed by atoms with E-state index in [0.717, 1.165) is 0 Å². The summed E-state index contributed by atoms with van der Waals surface area (Å²) in [6.45, 7) is 1.40. The van der Waals surface area contributed by atoms with Crippen LogP contribution in [0.25, 0.3) is 0 Å². The molecule has 5 N–H and O–H groups in total. The van der Waals surface area contributed by atoms with Crippen molar-refractivity contribution >= 4 is 22.0 Å². The second-order valence-corrected chi connectivity index (χ2v) is 8.38. The van der Waals surface area contributed by atoms with Gasteiger partial charge in [-0.25, -0.2) is 5.48 Å². The maximum atomic E-state index is 12.7. The summed E-state index contributed by atoms with van der Waals surface area (Å²) in [5.41, 5.74) is -0.936. The standard InChI is InChI=1S/C13H16F5N3O4S/c1-7-13(24,6-19-7)10(12(23)21-25)20-11(22)8-2-4-9(5-3-8)26(14,15,16,17)18/h2-5,7,10,19,24-25H,6H2,1H3,(H,20,22)(H,21,23)/t7-,10-,13-/m0/s1. The van der Waals surface area contributed by atoms with Gasteiger partial charge in [-0.1, -0.05) is 19.4 Å². The Labute approximate surface area is 144 Å². The Morgan fingerprint density at radius 3 is 2.12 bits per heavy atom. The van der Waals surface area contributed by atoms with Gasteiger partial charge in [0.05, 0.1) is 0 Å². The molecule has 0 aliphatic carbocycles. The summed E-state index contributed by atoms with van der Waals surface area (Å²) in [5, 5.41) is 23.9. The molecule has 1 heterocycles. The van der Waals surface area contributed by atoms with Gasteiger partial charge in [0.2, 0.25) is 0 Å². The first-order chi connectivity index (χ1) is 11.6. The Bertz CT molecular complexity index is 743. The Balaban J connectivity index is 2.24. The third-order valence-corrected chi connectivity index (χ3v) is 5.31. The van der Waals surface area contributed by atoms with E-state index >= 15 is 0 Å². The van der Waals surface area contributed by atoms with Crippen LogP contribution < -0.4 is 16.1 Å². The molecule has 1 aliphatic rings. The van der Waals surface area contributed by atoms with Gasteiger partial charge in [0, 0.05) is 18.2 Å². The molecule has 0 saturated carbocycles. The van der Waals surface area contributed by atoms with E-state index in [2.05, 4.69) is 10.6 Å². The van der Waals surface area contributed by atoms with Crippen molar-refractivity contribution < 1.29 is 39.3 Å². The number of benzene rings is 1. The lowest BCUT2D eigenvalue weighted by molar-refractivity contribution is -0.146. The fourth-order valence-corrected chi connectivity index (χ4v) is 3.08. The van der Waals surface area contributed by atoms with E-state index in [1.165, 1.54) is 12.4 Å². The molecule has 26 heavy (non-hydrogen) atoms. The lowest BCUT2D eigenvalue weighted by Gasteiger charge is -2.48. The van der Waals surface area contributed by atoms with Gasteiger partial charge in [0.15, 0.2) is 0 Å². The number of nitrogens with one attached hydrogen (secondary N) is 3. The number of carbonyl (C=O) groups excluding carboxylic acids is 2. The maximum Gasteiger partial charge on any atom is 0.310 e. The van der Waals surface area contributed by atoms with Crippen LogP contribution >= 0.6 is 10.2 Å². The molecule has 3 atom stereocenters. The van der Waals surface area contributed by atoms with Crippen molar-refractivity contribution in [3.8, 4) is 0 Å². The normalized spacial score (nSPS) is 26.7. The van der Waals surface area contributed by atoms with Crippen LogP contribution in [-0.2, 0) is 4.79 Å². The van der Waals surface area contributed by atoms with E-state index in [-0.39, 0.29) is 18.7 Å². The molecule has 1 saturated heterocycles. The van der Waals surface area contributed by atoms with E-state index in [0.29, 0.717) is 12.1 Å². The first-order valence-electron chi connectivity index (χ1n) is 7.13. The molecule has 0 aromatic heterocycles. The second kappa shape index (κ2) is 5.52. The largest absolute Gasteiger partial charge is 0.384 e. The highest BCUT2D eigenvalue weighted by molar-refractivity contribution is 8.45. The Morgan fingerprint density at radius 2 is 1.77 bits per heavy atom. The number of hydroxylamine groups is 1. The van der Waals surface area contributed by atoms with E-state index in [1.807, 2.05) is 0 Å². The molecule has 0 radical (unpaired) electrons. The summed E-state index contributed by atoms with van der Waals surface area (Å²) < 4.78 is 63.4. The lowest BCUT2D eigenvalue weighted by atomic mass is 9.80. The van der Waals surface area contributed by atoms with Crippen molar-refractivity contribution in [1.29, 1.82) is 0 Å². The van der Waals surface area contributed by atoms with E-state index < -0.39 is 50.2 Å². The van der Waals surface area contributed by atoms with Gasteiger partial charge in [0.1, 0.15) is 16.5 Å². The molecule has 1 aliphatic heterocycles. The average Bonchev–Trinajstić information content (AvgIpc) is 2.54. The number of aliphatic hydroxyl groups is 1. The summed E-state index contributed by atoms with van der Waals surface area (Å²) in [7, 11) is -9.87. The molecule has 1 fully saturated rings. The summed E-state index contributed by atoms with van der Waals surface area (Å²) in [4.78, 5) is 21.7. The van der Waals surface area contributed by atoms with Crippen molar-refractivity contribution in [2.45, 2.75) is 29.5 Å². The molecular weight excluding hydrogens is 389 g/mol. The fourth-order valence-electron chi connectivity index (χ4n) is 2.43. The van der Waals surface area contributed by atoms with Crippen LogP contribution in [0.1, 0.15) is 17.3 Å². The quantitative estimate of drug-likeness (QED) is 0.291. The third-order valence-electron chi connectivity index (χ3n) is 4.15. The van der Waals surface area contributed by atoms with Crippen molar-refractivity contribution in [2.75, 3.05) is 6.54 Å². The third kappa shape index (κ3) is 3.90. The molecule has 2 amide bonds. The molecular formula is C13H16F5N3O4S. The molecule has 2 rings (SSSR count). The summed E-state index contributed by atoms with van der Waals surface area (Å²) >= 11 is 0. The Kier molecular flexibility index (Phi) is 4.32. The minimum Gasteiger partial charge on any atom is -0.384 e. The molecule has 0 bridgehead atoms. The molecule has 148 valence electrons. The van der Waals surface area contributed by atoms with Crippen LogP contribution in [0.4, 0.5) is 19.4 Å². The van der Waals surface area contributed by atoms with Gasteiger partial charge in [-0.15, -0.1) is 0 Å². The van der Waals surface area contributed by atoms with Crippen molar-refractivity contribution in [3.63, 3.8) is 0 Å². The predicted octanol–water partition coefficient (Wildman–Crippen LogP) is 1.67. The van der Waals surface area contributed by atoms with E-state index in [9.17, 15) is 34.1 Å². The van der Waals surface area contributed by atoms with Crippen molar-refractivity contribution in [3.05, 3.63) is 29.8 Å². The monoisotopic (exact) mass is 405 g/mol. The van der Waals surface area contributed by atoms with Gasteiger partial charge >= 0.3 is 10.2 Å².